The third kappa shape index (κ3) is 2.12. The molecule has 1 saturated carbocycles. The summed E-state index contributed by atoms with van der Waals surface area (Å²) in [6.07, 6.45) is 3.70. The smallest absolute Gasteiger partial charge is 0.313 e. The SMILES string of the molecule is CC(C)C(C(=O)O)c1nc(C2CCC2)cs1. The molecule has 1 aliphatic carbocycles. The highest BCUT2D eigenvalue weighted by atomic mass is 32.1. The van der Waals surface area contributed by atoms with Crippen molar-refractivity contribution in [2.24, 2.45) is 5.92 Å². The summed E-state index contributed by atoms with van der Waals surface area (Å²) in [7, 11) is 0. The van der Waals surface area contributed by atoms with Gasteiger partial charge in [0.25, 0.3) is 0 Å². The van der Waals surface area contributed by atoms with Crippen LogP contribution in [-0.4, -0.2) is 16.1 Å². The Morgan fingerprint density at radius 3 is 2.69 bits per heavy atom. The number of carbonyl (C=O) groups is 1. The van der Waals surface area contributed by atoms with Crippen molar-refractivity contribution in [1.82, 2.24) is 4.98 Å². The Bertz CT molecular complexity index is 382. The molecule has 0 aliphatic heterocycles. The van der Waals surface area contributed by atoms with Crippen LogP contribution in [0.25, 0.3) is 0 Å². The summed E-state index contributed by atoms with van der Waals surface area (Å²) in [4.78, 5) is 15.7. The number of aromatic nitrogens is 1. The van der Waals surface area contributed by atoms with Gasteiger partial charge in [0, 0.05) is 11.3 Å². The molecule has 4 heteroatoms. The van der Waals surface area contributed by atoms with Crippen LogP contribution in [-0.2, 0) is 4.79 Å². The summed E-state index contributed by atoms with van der Waals surface area (Å²) in [5.74, 6) is -0.521. The van der Waals surface area contributed by atoms with E-state index in [0.29, 0.717) is 5.92 Å². The number of aliphatic carboxylic acids is 1. The average Bonchev–Trinajstić information content (AvgIpc) is 2.48. The summed E-state index contributed by atoms with van der Waals surface area (Å²) in [5.41, 5.74) is 1.11. The third-order valence-corrected chi connectivity index (χ3v) is 4.21. The van der Waals surface area contributed by atoms with Gasteiger partial charge < -0.3 is 5.11 Å². The number of carboxylic acids is 1. The standard InChI is InChI=1S/C12H17NO2S/c1-7(2)10(12(14)15)11-13-9(6-16-11)8-4-3-5-8/h6-8,10H,3-5H2,1-2H3,(H,14,15). The quantitative estimate of drug-likeness (QED) is 0.877. The Balaban J connectivity index is 2.18. The van der Waals surface area contributed by atoms with Crippen molar-refractivity contribution in [3.05, 3.63) is 16.1 Å². The van der Waals surface area contributed by atoms with Gasteiger partial charge in [-0.3, -0.25) is 4.79 Å². The van der Waals surface area contributed by atoms with E-state index in [0.717, 1.165) is 10.7 Å². The van der Waals surface area contributed by atoms with Crippen LogP contribution >= 0.6 is 11.3 Å². The fraction of sp³-hybridized carbons (Fsp3) is 0.667. The summed E-state index contributed by atoms with van der Waals surface area (Å²) >= 11 is 1.50. The molecule has 0 radical (unpaired) electrons. The molecule has 1 atom stereocenters. The predicted octanol–water partition coefficient (Wildman–Crippen LogP) is 3.23. The second kappa shape index (κ2) is 4.53. The second-order valence-corrected chi connectivity index (χ2v) is 5.69. The fourth-order valence-corrected chi connectivity index (χ4v) is 3.18. The lowest BCUT2D eigenvalue weighted by Gasteiger charge is -2.23. The van der Waals surface area contributed by atoms with Crippen molar-refractivity contribution in [3.8, 4) is 0 Å². The van der Waals surface area contributed by atoms with Crippen LogP contribution in [0.5, 0.6) is 0 Å². The monoisotopic (exact) mass is 239 g/mol. The summed E-state index contributed by atoms with van der Waals surface area (Å²) < 4.78 is 0. The number of rotatable bonds is 4. The molecule has 0 bridgehead atoms. The van der Waals surface area contributed by atoms with Crippen molar-refractivity contribution in [2.75, 3.05) is 0 Å². The average molecular weight is 239 g/mol. The van der Waals surface area contributed by atoms with Gasteiger partial charge in [-0.15, -0.1) is 11.3 Å². The largest absolute Gasteiger partial charge is 0.481 e. The number of nitrogens with zero attached hydrogens (tertiary/aromatic N) is 1. The normalized spacial score (nSPS) is 18.4. The fourth-order valence-electron chi connectivity index (χ4n) is 2.01. The van der Waals surface area contributed by atoms with E-state index < -0.39 is 11.9 Å². The molecular formula is C12H17NO2S. The van der Waals surface area contributed by atoms with E-state index in [-0.39, 0.29) is 5.92 Å². The highest BCUT2D eigenvalue weighted by Crippen LogP contribution is 2.38. The van der Waals surface area contributed by atoms with Gasteiger partial charge in [-0.25, -0.2) is 4.98 Å². The molecule has 0 saturated heterocycles. The molecule has 1 aromatic rings. The maximum absolute atomic E-state index is 11.2. The van der Waals surface area contributed by atoms with Crippen LogP contribution in [0, 0.1) is 5.92 Å². The van der Waals surface area contributed by atoms with Crippen LogP contribution in [0.15, 0.2) is 5.38 Å². The van der Waals surface area contributed by atoms with Gasteiger partial charge in [0.05, 0.1) is 5.69 Å². The first kappa shape index (κ1) is 11.6. The molecule has 2 rings (SSSR count). The van der Waals surface area contributed by atoms with Gasteiger partial charge >= 0.3 is 5.97 Å². The molecule has 1 N–H and O–H groups in total. The minimum absolute atomic E-state index is 0.0953. The second-order valence-electron chi connectivity index (χ2n) is 4.80. The first-order valence-corrected chi connectivity index (χ1v) is 6.65. The van der Waals surface area contributed by atoms with Crippen molar-refractivity contribution >= 4 is 17.3 Å². The zero-order valence-corrected chi connectivity index (χ0v) is 10.5. The highest BCUT2D eigenvalue weighted by molar-refractivity contribution is 7.09. The number of thiazole rings is 1. The lowest BCUT2D eigenvalue weighted by Crippen LogP contribution is -2.17. The van der Waals surface area contributed by atoms with Gasteiger partial charge in [0.15, 0.2) is 0 Å². The van der Waals surface area contributed by atoms with E-state index in [1.165, 1.54) is 30.6 Å². The Labute approximate surface area is 99.5 Å². The Kier molecular flexibility index (Phi) is 3.28. The minimum atomic E-state index is -0.760. The van der Waals surface area contributed by atoms with Crippen LogP contribution in [0.3, 0.4) is 0 Å². The highest BCUT2D eigenvalue weighted by Gasteiger charge is 2.29. The Morgan fingerprint density at radius 2 is 2.25 bits per heavy atom. The molecule has 1 aromatic heterocycles. The van der Waals surface area contributed by atoms with Crippen molar-refractivity contribution in [2.45, 2.75) is 44.9 Å². The molecule has 1 heterocycles. The molecule has 3 nitrogen and oxygen atoms in total. The van der Waals surface area contributed by atoms with E-state index in [9.17, 15) is 9.90 Å². The minimum Gasteiger partial charge on any atom is -0.481 e. The maximum atomic E-state index is 11.2. The summed E-state index contributed by atoms with van der Waals surface area (Å²) in [6, 6.07) is 0. The van der Waals surface area contributed by atoms with Crippen LogP contribution in [0.4, 0.5) is 0 Å². The molecule has 0 aromatic carbocycles. The van der Waals surface area contributed by atoms with E-state index in [4.69, 9.17) is 0 Å². The molecule has 0 spiro atoms. The van der Waals surface area contributed by atoms with E-state index in [2.05, 4.69) is 4.98 Å². The molecule has 0 amide bonds. The zero-order valence-electron chi connectivity index (χ0n) is 9.64. The molecule has 1 unspecified atom stereocenters. The molecule has 16 heavy (non-hydrogen) atoms. The lowest BCUT2D eigenvalue weighted by molar-refractivity contribution is -0.139. The van der Waals surface area contributed by atoms with Gasteiger partial charge in [-0.2, -0.15) is 0 Å². The zero-order chi connectivity index (χ0) is 11.7. The number of hydrogen-bond donors (Lipinski definition) is 1. The van der Waals surface area contributed by atoms with Gasteiger partial charge in [-0.05, 0) is 18.8 Å². The van der Waals surface area contributed by atoms with E-state index in [1.54, 1.807) is 0 Å². The van der Waals surface area contributed by atoms with Crippen LogP contribution in [0.1, 0.15) is 55.6 Å². The molecular weight excluding hydrogens is 222 g/mol. The maximum Gasteiger partial charge on any atom is 0.313 e. The first-order chi connectivity index (χ1) is 7.59. The van der Waals surface area contributed by atoms with E-state index >= 15 is 0 Å². The van der Waals surface area contributed by atoms with Gasteiger partial charge in [0.2, 0.25) is 0 Å². The Morgan fingerprint density at radius 1 is 1.56 bits per heavy atom. The predicted molar refractivity (Wildman–Crippen MR) is 63.9 cm³/mol. The van der Waals surface area contributed by atoms with Crippen LogP contribution < -0.4 is 0 Å². The topological polar surface area (TPSA) is 50.2 Å². The first-order valence-electron chi connectivity index (χ1n) is 5.77. The van der Waals surface area contributed by atoms with Gasteiger partial charge in [0.1, 0.15) is 10.9 Å². The van der Waals surface area contributed by atoms with Crippen molar-refractivity contribution < 1.29 is 9.90 Å². The summed E-state index contributed by atoms with van der Waals surface area (Å²) in [6.45, 7) is 3.87. The molecule has 1 fully saturated rings. The van der Waals surface area contributed by atoms with E-state index in [1.807, 2.05) is 19.2 Å². The Hall–Kier alpha value is -0.900. The van der Waals surface area contributed by atoms with Gasteiger partial charge in [-0.1, -0.05) is 20.3 Å². The van der Waals surface area contributed by atoms with Crippen molar-refractivity contribution in [1.29, 1.82) is 0 Å². The lowest BCUT2D eigenvalue weighted by atomic mass is 9.83. The van der Waals surface area contributed by atoms with Crippen molar-refractivity contribution in [3.63, 3.8) is 0 Å². The van der Waals surface area contributed by atoms with Crippen LogP contribution in [0.2, 0.25) is 0 Å². The molecule has 88 valence electrons. The third-order valence-electron chi connectivity index (χ3n) is 3.26. The summed E-state index contributed by atoms with van der Waals surface area (Å²) in [5, 5.41) is 12.0. The molecule has 1 aliphatic rings. The number of hydrogen-bond acceptors (Lipinski definition) is 3. The number of carboxylic acid groups (broad SMARTS) is 1.